The first-order valence-corrected chi connectivity index (χ1v) is 7.00. The fourth-order valence-corrected chi connectivity index (χ4v) is 2.23. The van der Waals surface area contributed by atoms with Gasteiger partial charge in [0.05, 0.1) is 6.42 Å². The predicted molar refractivity (Wildman–Crippen MR) is 78.4 cm³/mol. The molecule has 0 bridgehead atoms. The van der Waals surface area contributed by atoms with E-state index in [1.807, 2.05) is 18.5 Å². The third kappa shape index (κ3) is 6.01. The number of pyridine rings is 1. The third-order valence-electron chi connectivity index (χ3n) is 3.39. The van der Waals surface area contributed by atoms with Crippen LogP contribution in [0.15, 0.2) is 24.5 Å². The lowest BCUT2D eigenvalue weighted by Crippen LogP contribution is -2.17. The van der Waals surface area contributed by atoms with Gasteiger partial charge in [-0.15, -0.1) is 0 Å². The number of hydrogen-bond donors (Lipinski definition) is 2. The van der Waals surface area contributed by atoms with E-state index in [4.69, 9.17) is 10.2 Å². The number of hydrogen-bond acceptors (Lipinski definition) is 5. The molecule has 2 N–H and O–H groups in total. The number of likely N-dealkylation sites (tertiary alicyclic amines) is 1. The van der Waals surface area contributed by atoms with Crippen LogP contribution in [0.5, 0.6) is 0 Å². The molecule has 7 nitrogen and oxygen atoms in total. The molecule has 22 heavy (non-hydrogen) atoms. The summed E-state index contributed by atoms with van der Waals surface area (Å²) in [5.41, 5.74) is 1.36. The molecule has 1 aliphatic rings. The van der Waals surface area contributed by atoms with Gasteiger partial charge in [0.1, 0.15) is 0 Å². The average molecular weight is 308 g/mol. The van der Waals surface area contributed by atoms with Crippen molar-refractivity contribution in [1.29, 1.82) is 0 Å². The Morgan fingerprint density at radius 3 is 2.50 bits per heavy atom. The van der Waals surface area contributed by atoms with E-state index in [0.717, 1.165) is 0 Å². The van der Waals surface area contributed by atoms with Gasteiger partial charge in [-0.3, -0.25) is 19.5 Å². The van der Waals surface area contributed by atoms with Crippen LogP contribution in [0, 0.1) is 0 Å². The Morgan fingerprint density at radius 2 is 2.05 bits per heavy atom. The highest BCUT2D eigenvalue weighted by atomic mass is 16.4. The predicted octanol–water partition coefficient (Wildman–Crippen LogP) is 1.35. The monoisotopic (exact) mass is 308 g/mol. The van der Waals surface area contributed by atoms with Crippen molar-refractivity contribution >= 4 is 17.7 Å². The van der Waals surface area contributed by atoms with Gasteiger partial charge < -0.3 is 10.2 Å². The first-order valence-electron chi connectivity index (χ1n) is 7.00. The molecular weight excluding hydrogens is 288 g/mol. The largest absolute Gasteiger partial charge is 0.481 e. The number of aromatic nitrogens is 1. The molecule has 0 spiro atoms. The van der Waals surface area contributed by atoms with Crippen LogP contribution in [-0.2, 0) is 14.4 Å². The number of aliphatic carboxylic acids is 2. The Balaban J connectivity index is 0.000000225. The summed E-state index contributed by atoms with van der Waals surface area (Å²) in [4.78, 5) is 36.3. The van der Waals surface area contributed by atoms with Crippen molar-refractivity contribution in [3.05, 3.63) is 30.1 Å². The Labute approximate surface area is 128 Å². The first-order chi connectivity index (χ1) is 10.4. The normalized spacial score (nSPS) is 17.4. The van der Waals surface area contributed by atoms with Crippen LogP contribution in [0.2, 0.25) is 0 Å². The molecule has 0 amide bonds. The van der Waals surface area contributed by atoms with E-state index in [0.29, 0.717) is 6.04 Å². The SMILES string of the molecule is CN1CCCC1c1cccnc1.O=C(O)CCC(=O)C(=O)O. The second-order valence-corrected chi connectivity index (χ2v) is 5.05. The van der Waals surface area contributed by atoms with Crippen LogP contribution < -0.4 is 0 Å². The van der Waals surface area contributed by atoms with Crippen LogP contribution in [0.1, 0.15) is 37.3 Å². The number of carbonyl (C=O) groups excluding carboxylic acids is 1. The summed E-state index contributed by atoms with van der Waals surface area (Å²) < 4.78 is 0. The zero-order valence-electron chi connectivity index (χ0n) is 12.4. The molecule has 7 heteroatoms. The molecule has 2 heterocycles. The van der Waals surface area contributed by atoms with Gasteiger partial charge in [-0.05, 0) is 38.1 Å². The van der Waals surface area contributed by atoms with Crippen LogP contribution in [0.3, 0.4) is 0 Å². The Morgan fingerprint density at radius 1 is 1.32 bits per heavy atom. The fraction of sp³-hybridized carbons (Fsp3) is 0.467. The summed E-state index contributed by atoms with van der Waals surface area (Å²) >= 11 is 0. The molecule has 0 aromatic carbocycles. The molecule has 1 aromatic rings. The molecule has 1 atom stereocenters. The van der Waals surface area contributed by atoms with Gasteiger partial charge in [0.15, 0.2) is 0 Å². The van der Waals surface area contributed by atoms with Gasteiger partial charge in [0, 0.05) is 24.9 Å². The van der Waals surface area contributed by atoms with Gasteiger partial charge >= 0.3 is 11.9 Å². The Bertz CT molecular complexity index is 518. The molecule has 0 aliphatic carbocycles. The lowest BCUT2D eigenvalue weighted by atomic mass is 10.1. The molecular formula is C15H20N2O5. The average Bonchev–Trinajstić information content (AvgIpc) is 2.92. The third-order valence-corrected chi connectivity index (χ3v) is 3.39. The molecule has 0 radical (unpaired) electrons. The van der Waals surface area contributed by atoms with Crippen molar-refractivity contribution in [2.24, 2.45) is 0 Å². The lowest BCUT2D eigenvalue weighted by molar-refractivity contribution is -0.149. The van der Waals surface area contributed by atoms with Crippen LogP contribution in [0.25, 0.3) is 0 Å². The number of carboxylic acid groups (broad SMARTS) is 2. The molecule has 1 fully saturated rings. The van der Waals surface area contributed by atoms with Gasteiger partial charge in [-0.2, -0.15) is 0 Å². The highest BCUT2D eigenvalue weighted by molar-refractivity contribution is 6.32. The summed E-state index contributed by atoms with van der Waals surface area (Å²) in [5.74, 6) is -3.82. The minimum Gasteiger partial charge on any atom is -0.481 e. The van der Waals surface area contributed by atoms with Gasteiger partial charge in [-0.25, -0.2) is 4.79 Å². The highest BCUT2D eigenvalue weighted by Crippen LogP contribution is 2.29. The van der Waals surface area contributed by atoms with Crippen molar-refractivity contribution in [3.8, 4) is 0 Å². The van der Waals surface area contributed by atoms with Crippen LogP contribution in [0.4, 0.5) is 0 Å². The maximum absolute atomic E-state index is 10.2. The maximum Gasteiger partial charge on any atom is 0.372 e. The zero-order valence-corrected chi connectivity index (χ0v) is 12.4. The van der Waals surface area contributed by atoms with Crippen molar-refractivity contribution in [3.63, 3.8) is 0 Å². The summed E-state index contributed by atoms with van der Waals surface area (Å²) in [6.07, 6.45) is 5.54. The standard InChI is InChI=1S/C10H14N2.C5H6O5/c1-12-7-3-5-10(12)9-4-2-6-11-8-9;6-3(5(9)10)1-2-4(7)8/h2,4,6,8,10H,3,5,7H2,1H3;1-2H2,(H,7,8)(H,9,10). The number of ketones is 1. The Hall–Kier alpha value is -2.28. The smallest absolute Gasteiger partial charge is 0.372 e. The van der Waals surface area contributed by atoms with E-state index in [1.54, 1.807) is 0 Å². The van der Waals surface area contributed by atoms with Gasteiger partial charge in [0.25, 0.3) is 0 Å². The number of carbonyl (C=O) groups is 3. The Kier molecular flexibility index (Phi) is 7.18. The molecule has 1 aliphatic heterocycles. The second-order valence-electron chi connectivity index (χ2n) is 5.05. The molecule has 2 rings (SSSR count). The summed E-state index contributed by atoms with van der Waals surface area (Å²) in [7, 11) is 2.19. The molecule has 1 aromatic heterocycles. The summed E-state index contributed by atoms with van der Waals surface area (Å²) in [6.45, 7) is 1.22. The summed E-state index contributed by atoms with van der Waals surface area (Å²) in [6, 6.07) is 4.79. The van der Waals surface area contributed by atoms with Crippen LogP contribution in [-0.4, -0.2) is 51.4 Å². The number of nitrogens with zero attached hydrogens (tertiary/aromatic N) is 2. The fourth-order valence-electron chi connectivity index (χ4n) is 2.23. The van der Waals surface area contributed by atoms with E-state index < -0.39 is 30.6 Å². The quantitative estimate of drug-likeness (QED) is 0.790. The molecule has 0 saturated carbocycles. The molecule has 1 saturated heterocycles. The minimum absolute atomic E-state index is 0.425. The summed E-state index contributed by atoms with van der Waals surface area (Å²) in [5, 5.41) is 16.0. The van der Waals surface area contributed by atoms with E-state index in [2.05, 4.69) is 23.0 Å². The lowest BCUT2D eigenvalue weighted by Gasteiger charge is -2.18. The minimum atomic E-state index is -1.58. The molecule has 120 valence electrons. The number of rotatable bonds is 5. The van der Waals surface area contributed by atoms with E-state index in [9.17, 15) is 14.4 Å². The number of carboxylic acids is 2. The van der Waals surface area contributed by atoms with Gasteiger partial charge in [-0.1, -0.05) is 6.07 Å². The first kappa shape index (κ1) is 17.8. The highest BCUT2D eigenvalue weighted by Gasteiger charge is 2.21. The van der Waals surface area contributed by atoms with E-state index in [1.165, 1.54) is 24.9 Å². The topological polar surface area (TPSA) is 108 Å². The maximum atomic E-state index is 10.2. The van der Waals surface area contributed by atoms with Crippen molar-refractivity contribution < 1.29 is 24.6 Å². The number of Topliss-reactive ketones (excluding diaryl/α,β-unsaturated/α-hetero) is 1. The van der Waals surface area contributed by atoms with Gasteiger partial charge in [0.2, 0.25) is 5.78 Å². The molecule has 1 unspecified atom stereocenters. The van der Waals surface area contributed by atoms with Crippen LogP contribution >= 0.6 is 0 Å². The zero-order chi connectivity index (χ0) is 16.5. The van der Waals surface area contributed by atoms with Crippen molar-refractivity contribution in [1.82, 2.24) is 9.88 Å². The van der Waals surface area contributed by atoms with Crippen molar-refractivity contribution in [2.45, 2.75) is 31.7 Å². The van der Waals surface area contributed by atoms with Crippen molar-refractivity contribution in [2.75, 3.05) is 13.6 Å². The second kappa shape index (κ2) is 8.89. The van der Waals surface area contributed by atoms with E-state index in [-0.39, 0.29) is 0 Å². The van der Waals surface area contributed by atoms with E-state index >= 15 is 0 Å².